The molecule has 0 fully saturated rings. The van der Waals surface area contributed by atoms with E-state index in [0.717, 1.165) is 0 Å². The number of benzene rings is 2. The normalized spacial score (nSPS) is 11.5. The van der Waals surface area contributed by atoms with E-state index in [-0.39, 0.29) is 4.90 Å². The maximum Gasteiger partial charge on any atom is 0.248 e. The smallest absolute Gasteiger partial charge is 0.248 e. The van der Waals surface area contributed by atoms with Gasteiger partial charge < -0.3 is 14.8 Å². The molecular weight excluding hydrogens is 404 g/mol. The molecule has 0 saturated carbocycles. The van der Waals surface area contributed by atoms with Gasteiger partial charge in [0.15, 0.2) is 11.5 Å². The van der Waals surface area contributed by atoms with Crippen molar-refractivity contribution in [3.8, 4) is 11.5 Å². The van der Waals surface area contributed by atoms with Gasteiger partial charge >= 0.3 is 0 Å². The number of hydrogen-bond acceptors (Lipinski definition) is 5. The maximum atomic E-state index is 12.2. The molecule has 0 heterocycles. The lowest BCUT2D eigenvalue weighted by Crippen LogP contribution is -2.15. The zero-order chi connectivity index (χ0) is 20.9. The standard InChI is InChI=1S/C19H21ClN2O5S/c1-4-27-16-10-13(9-15(20)19(16)26-3)6-8-18(23)22-14-7-5-12(2)17(11-14)28(21,24)25/h5-11H,4H2,1-3H3,(H,22,23)(H2,21,24,25)/b8-6+. The summed E-state index contributed by atoms with van der Waals surface area (Å²) in [6, 6.07) is 7.80. The van der Waals surface area contributed by atoms with E-state index in [9.17, 15) is 13.2 Å². The van der Waals surface area contributed by atoms with Crippen molar-refractivity contribution >= 4 is 39.3 Å². The number of sulfonamides is 1. The second-order valence-electron chi connectivity index (χ2n) is 5.81. The largest absolute Gasteiger partial charge is 0.491 e. The highest BCUT2D eigenvalue weighted by molar-refractivity contribution is 7.89. The zero-order valence-electron chi connectivity index (χ0n) is 15.7. The van der Waals surface area contributed by atoms with E-state index >= 15 is 0 Å². The molecule has 2 aromatic rings. The van der Waals surface area contributed by atoms with Gasteiger partial charge in [0.25, 0.3) is 0 Å². The summed E-state index contributed by atoms with van der Waals surface area (Å²) >= 11 is 6.18. The number of aryl methyl sites for hydroxylation is 1. The minimum Gasteiger partial charge on any atom is -0.491 e. The van der Waals surface area contributed by atoms with Crippen LogP contribution in [-0.4, -0.2) is 28.0 Å². The highest BCUT2D eigenvalue weighted by Gasteiger charge is 2.13. The monoisotopic (exact) mass is 424 g/mol. The highest BCUT2D eigenvalue weighted by atomic mass is 35.5. The number of methoxy groups -OCH3 is 1. The maximum absolute atomic E-state index is 12.2. The molecule has 2 aromatic carbocycles. The zero-order valence-corrected chi connectivity index (χ0v) is 17.2. The third-order valence-electron chi connectivity index (χ3n) is 3.73. The van der Waals surface area contributed by atoms with Crippen molar-refractivity contribution < 1.29 is 22.7 Å². The van der Waals surface area contributed by atoms with Crippen molar-refractivity contribution in [2.45, 2.75) is 18.7 Å². The number of carbonyl (C=O) groups excluding carboxylic acids is 1. The third-order valence-corrected chi connectivity index (χ3v) is 5.06. The lowest BCUT2D eigenvalue weighted by atomic mass is 10.1. The fourth-order valence-corrected chi connectivity index (χ4v) is 3.59. The molecule has 0 atom stereocenters. The molecule has 0 unspecified atom stereocenters. The Morgan fingerprint density at radius 2 is 2.00 bits per heavy atom. The average Bonchev–Trinajstić information content (AvgIpc) is 2.61. The van der Waals surface area contributed by atoms with Crippen molar-refractivity contribution in [2.24, 2.45) is 5.14 Å². The van der Waals surface area contributed by atoms with E-state index in [1.807, 2.05) is 6.92 Å². The molecule has 0 aliphatic heterocycles. The number of nitrogens with one attached hydrogen (secondary N) is 1. The van der Waals surface area contributed by atoms with Crippen LogP contribution in [0.5, 0.6) is 11.5 Å². The quantitative estimate of drug-likeness (QED) is 0.662. The van der Waals surface area contributed by atoms with Gasteiger partial charge in [-0.25, -0.2) is 13.6 Å². The molecule has 1 amide bonds. The van der Waals surface area contributed by atoms with Gasteiger partial charge in [-0.2, -0.15) is 0 Å². The van der Waals surface area contributed by atoms with E-state index < -0.39 is 15.9 Å². The molecule has 3 N–H and O–H groups in total. The van der Waals surface area contributed by atoms with Crippen molar-refractivity contribution in [1.82, 2.24) is 0 Å². The van der Waals surface area contributed by atoms with Crippen LogP contribution in [0.3, 0.4) is 0 Å². The Balaban J connectivity index is 2.21. The number of ether oxygens (including phenoxy) is 2. The second-order valence-corrected chi connectivity index (χ2v) is 7.75. The van der Waals surface area contributed by atoms with Gasteiger partial charge in [0, 0.05) is 11.8 Å². The number of anilines is 1. The summed E-state index contributed by atoms with van der Waals surface area (Å²) in [5.74, 6) is 0.434. The van der Waals surface area contributed by atoms with Crippen LogP contribution in [0, 0.1) is 6.92 Å². The predicted molar refractivity (Wildman–Crippen MR) is 109 cm³/mol. The van der Waals surface area contributed by atoms with Gasteiger partial charge in [-0.05, 0) is 55.3 Å². The van der Waals surface area contributed by atoms with Crippen LogP contribution >= 0.6 is 11.6 Å². The van der Waals surface area contributed by atoms with Crippen molar-refractivity contribution in [2.75, 3.05) is 19.0 Å². The Morgan fingerprint density at radius 3 is 2.61 bits per heavy atom. The molecule has 0 aliphatic rings. The average molecular weight is 425 g/mol. The summed E-state index contributed by atoms with van der Waals surface area (Å²) in [4.78, 5) is 12.1. The van der Waals surface area contributed by atoms with Crippen LogP contribution in [0.15, 0.2) is 41.3 Å². The third kappa shape index (κ3) is 5.48. The van der Waals surface area contributed by atoms with Crippen LogP contribution in [0.25, 0.3) is 6.08 Å². The van der Waals surface area contributed by atoms with Gasteiger partial charge in [-0.3, -0.25) is 4.79 Å². The number of nitrogens with two attached hydrogens (primary N) is 1. The first-order chi connectivity index (χ1) is 13.2. The Bertz CT molecular complexity index is 1020. The van der Waals surface area contributed by atoms with Crippen LogP contribution in [-0.2, 0) is 14.8 Å². The fourth-order valence-electron chi connectivity index (χ4n) is 2.49. The van der Waals surface area contributed by atoms with Gasteiger partial charge in [0.05, 0.1) is 23.6 Å². The number of carbonyl (C=O) groups is 1. The Labute approximate surface area is 169 Å². The molecule has 150 valence electrons. The first kappa shape index (κ1) is 21.7. The molecular formula is C19H21ClN2O5S. The van der Waals surface area contributed by atoms with E-state index in [1.54, 1.807) is 37.3 Å². The minimum atomic E-state index is -3.88. The van der Waals surface area contributed by atoms with Crippen LogP contribution < -0.4 is 19.9 Å². The van der Waals surface area contributed by atoms with E-state index in [1.165, 1.54) is 19.3 Å². The Hall–Kier alpha value is -2.55. The van der Waals surface area contributed by atoms with Gasteiger partial charge in [0.1, 0.15) is 0 Å². The van der Waals surface area contributed by atoms with Gasteiger partial charge in [-0.1, -0.05) is 17.7 Å². The lowest BCUT2D eigenvalue weighted by molar-refractivity contribution is -0.111. The molecule has 0 saturated heterocycles. The molecule has 28 heavy (non-hydrogen) atoms. The summed E-state index contributed by atoms with van der Waals surface area (Å²) in [5, 5.41) is 8.13. The fraction of sp³-hybridized carbons (Fsp3) is 0.211. The number of rotatable bonds is 7. The topological polar surface area (TPSA) is 108 Å². The number of halogens is 1. The first-order valence-electron chi connectivity index (χ1n) is 8.28. The van der Waals surface area contributed by atoms with Gasteiger partial charge in [-0.15, -0.1) is 0 Å². The number of primary sulfonamides is 1. The SMILES string of the molecule is CCOc1cc(/C=C/C(=O)Nc2ccc(C)c(S(N)(=O)=O)c2)cc(Cl)c1OC. The summed E-state index contributed by atoms with van der Waals surface area (Å²) in [5.41, 5.74) is 1.44. The summed E-state index contributed by atoms with van der Waals surface area (Å²) < 4.78 is 33.9. The summed E-state index contributed by atoms with van der Waals surface area (Å²) in [7, 11) is -2.39. The molecule has 9 heteroatoms. The molecule has 0 bridgehead atoms. The van der Waals surface area contributed by atoms with Gasteiger partial charge in [0.2, 0.25) is 15.9 Å². The molecule has 2 rings (SSSR count). The molecule has 7 nitrogen and oxygen atoms in total. The Morgan fingerprint density at radius 1 is 1.29 bits per heavy atom. The van der Waals surface area contributed by atoms with Crippen molar-refractivity contribution in [3.63, 3.8) is 0 Å². The van der Waals surface area contributed by atoms with Crippen LogP contribution in [0.4, 0.5) is 5.69 Å². The summed E-state index contributed by atoms with van der Waals surface area (Å²) in [6.45, 7) is 3.88. The lowest BCUT2D eigenvalue weighted by Gasteiger charge is -2.11. The van der Waals surface area contributed by atoms with Crippen molar-refractivity contribution in [3.05, 3.63) is 52.6 Å². The first-order valence-corrected chi connectivity index (χ1v) is 10.2. The van der Waals surface area contributed by atoms with Crippen LogP contribution in [0.1, 0.15) is 18.1 Å². The highest BCUT2D eigenvalue weighted by Crippen LogP contribution is 2.36. The molecule has 0 aliphatic carbocycles. The van der Waals surface area contributed by atoms with E-state index in [2.05, 4.69) is 5.32 Å². The number of amides is 1. The number of hydrogen-bond donors (Lipinski definition) is 2. The molecule has 0 spiro atoms. The van der Waals surface area contributed by atoms with E-state index in [4.69, 9.17) is 26.2 Å². The summed E-state index contributed by atoms with van der Waals surface area (Å²) in [6.07, 6.45) is 2.85. The predicted octanol–water partition coefficient (Wildman–Crippen LogP) is 3.36. The minimum absolute atomic E-state index is 0.0439. The second kappa shape index (κ2) is 9.09. The molecule has 0 radical (unpaired) electrons. The van der Waals surface area contributed by atoms with E-state index in [0.29, 0.717) is 39.9 Å². The van der Waals surface area contributed by atoms with Crippen molar-refractivity contribution in [1.29, 1.82) is 0 Å². The Kier molecular flexibility index (Phi) is 7.06. The van der Waals surface area contributed by atoms with Crippen LogP contribution in [0.2, 0.25) is 5.02 Å². The molecule has 0 aromatic heterocycles.